The minimum Gasteiger partial charge on any atom is -0.476 e. The van der Waals surface area contributed by atoms with Crippen molar-refractivity contribution in [3.05, 3.63) is 22.5 Å². The first-order valence-electron chi connectivity index (χ1n) is 4.94. The second kappa shape index (κ2) is 4.29. The summed E-state index contributed by atoms with van der Waals surface area (Å²) in [5, 5.41) is 12.8. The van der Waals surface area contributed by atoms with Crippen LogP contribution < -0.4 is 5.73 Å². The molecule has 0 aliphatic carbocycles. The van der Waals surface area contributed by atoms with Gasteiger partial charge in [-0.1, -0.05) is 28.4 Å². The summed E-state index contributed by atoms with van der Waals surface area (Å²) in [7, 11) is 0. The first-order chi connectivity index (χ1) is 8.33. The quantitative estimate of drug-likeness (QED) is 0.870. The van der Waals surface area contributed by atoms with Crippen molar-refractivity contribution in [3.8, 4) is 0 Å². The highest BCUT2D eigenvalue weighted by atomic mass is 35.5. The Bertz CT molecular complexity index is 562. The van der Waals surface area contributed by atoms with Crippen molar-refractivity contribution < 1.29 is 14.7 Å². The molecule has 6 nitrogen and oxygen atoms in total. The molecule has 18 heavy (non-hydrogen) atoms. The Morgan fingerprint density at radius 1 is 1.61 bits per heavy atom. The predicted octanol–water partition coefficient (Wildman–Crippen LogP) is 2.20. The summed E-state index contributed by atoms with van der Waals surface area (Å²) in [4.78, 5) is 20.1. The van der Waals surface area contributed by atoms with Gasteiger partial charge < -0.3 is 15.7 Å². The van der Waals surface area contributed by atoms with Gasteiger partial charge in [0.25, 0.3) is 0 Å². The van der Waals surface area contributed by atoms with Gasteiger partial charge in [-0.3, -0.25) is 0 Å². The molecular formula is C10H9Cl2N3O3. The van der Waals surface area contributed by atoms with Gasteiger partial charge in [0.15, 0.2) is 11.3 Å². The molecule has 0 bridgehead atoms. The van der Waals surface area contributed by atoms with E-state index in [1.807, 2.05) is 0 Å². The average Bonchev–Trinajstić information content (AvgIpc) is 2.63. The SMILES string of the molecule is CC1(c2cc(N)c(Cl)c(C(=O)O)n2)CC(Cl)=NO1. The number of pyridine rings is 1. The number of carbonyl (C=O) groups is 1. The fourth-order valence-corrected chi connectivity index (χ4v) is 2.06. The zero-order chi connectivity index (χ0) is 13.5. The van der Waals surface area contributed by atoms with Gasteiger partial charge in [0.1, 0.15) is 5.17 Å². The molecule has 1 unspecified atom stereocenters. The molecule has 0 aromatic carbocycles. The Kier molecular flexibility index (Phi) is 3.08. The lowest BCUT2D eigenvalue weighted by Gasteiger charge is -2.21. The van der Waals surface area contributed by atoms with Crippen LogP contribution in [0.15, 0.2) is 11.2 Å². The molecule has 2 rings (SSSR count). The lowest BCUT2D eigenvalue weighted by Crippen LogP contribution is -2.24. The smallest absolute Gasteiger partial charge is 0.356 e. The third kappa shape index (κ3) is 2.09. The molecule has 0 spiro atoms. The highest BCUT2D eigenvalue weighted by molar-refractivity contribution is 6.65. The number of hydrogen-bond acceptors (Lipinski definition) is 5. The summed E-state index contributed by atoms with van der Waals surface area (Å²) < 4.78 is 0. The zero-order valence-electron chi connectivity index (χ0n) is 9.28. The Morgan fingerprint density at radius 2 is 2.28 bits per heavy atom. The Labute approximate surface area is 112 Å². The number of carboxylic acid groups (broad SMARTS) is 1. The molecule has 0 radical (unpaired) electrons. The number of carboxylic acids is 1. The average molecular weight is 290 g/mol. The molecule has 1 atom stereocenters. The van der Waals surface area contributed by atoms with Crippen LogP contribution in [0.1, 0.15) is 29.5 Å². The van der Waals surface area contributed by atoms with E-state index in [1.54, 1.807) is 6.92 Å². The van der Waals surface area contributed by atoms with Gasteiger partial charge >= 0.3 is 5.97 Å². The highest BCUT2D eigenvalue weighted by Gasteiger charge is 2.38. The molecule has 0 amide bonds. The van der Waals surface area contributed by atoms with Gasteiger partial charge in [0.05, 0.1) is 22.8 Å². The fraction of sp³-hybridized carbons (Fsp3) is 0.300. The first-order valence-corrected chi connectivity index (χ1v) is 5.69. The molecule has 8 heteroatoms. The second-order valence-corrected chi connectivity index (χ2v) is 4.85. The van der Waals surface area contributed by atoms with Crippen LogP contribution in [0.5, 0.6) is 0 Å². The van der Waals surface area contributed by atoms with E-state index in [0.717, 1.165) is 0 Å². The molecule has 0 saturated heterocycles. The van der Waals surface area contributed by atoms with Gasteiger partial charge in [-0.05, 0) is 13.0 Å². The van der Waals surface area contributed by atoms with Crippen molar-refractivity contribution in [3.63, 3.8) is 0 Å². The molecule has 2 heterocycles. The van der Waals surface area contributed by atoms with Crippen LogP contribution in [0.3, 0.4) is 0 Å². The van der Waals surface area contributed by atoms with Gasteiger partial charge in [-0.2, -0.15) is 0 Å². The topological polar surface area (TPSA) is 97.8 Å². The molecule has 1 aromatic heterocycles. The standard InChI is InChI=1S/C10H9Cl2N3O3/c1-10(3-6(11)15-18-10)5-2-4(13)7(12)8(14-5)9(16)17/h2H,3H2,1H3,(H2,13,14)(H,16,17). The number of rotatable bonds is 2. The Balaban J connectivity index is 2.50. The number of anilines is 1. The van der Waals surface area contributed by atoms with Crippen molar-refractivity contribution in [2.75, 3.05) is 5.73 Å². The zero-order valence-corrected chi connectivity index (χ0v) is 10.8. The number of oxime groups is 1. The van der Waals surface area contributed by atoms with Gasteiger partial charge in [0.2, 0.25) is 0 Å². The van der Waals surface area contributed by atoms with Crippen LogP contribution in [0.4, 0.5) is 5.69 Å². The Morgan fingerprint density at radius 3 is 2.78 bits per heavy atom. The number of halogens is 2. The lowest BCUT2D eigenvalue weighted by molar-refractivity contribution is -0.0109. The maximum atomic E-state index is 11.0. The van der Waals surface area contributed by atoms with E-state index in [9.17, 15) is 4.79 Å². The van der Waals surface area contributed by atoms with Crippen molar-refractivity contribution in [1.82, 2.24) is 4.98 Å². The Hall–Kier alpha value is -1.53. The normalized spacial score (nSPS) is 22.5. The van der Waals surface area contributed by atoms with Gasteiger partial charge in [-0.25, -0.2) is 9.78 Å². The molecule has 96 valence electrons. The largest absolute Gasteiger partial charge is 0.476 e. The summed E-state index contributed by atoms with van der Waals surface area (Å²) in [5.74, 6) is -1.26. The number of aromatic carboxylic acids is 1. The number of hydrogen-bond donors (Lipinski definition) is 2. The molecule has 1 aromatic rings. The third-order valence-electron chi connectivity index (χ3n) is 2.56. The number of nitrogens with two attached hydrogens (primary N) is 1. The molecular weight excluding hydrogens is 281 g/mol. The summed E-state index contributed by atoms with van der Waals surface area (Å²) >= 11 is 11.5. The predicted molar refractivity (Wildman–Crippen MR) is 67.0 cm³/mol. The van der Waals surface area contributed by atoms with E-state index in [1.165, 1.54) is 6.07 Å². The monoisotopic (exact) mass is 289 g/mol. The van der Waals surface area contributed by atoms with E-state index >= 15 is 0 Å². The van der Waals surface area contributed by atoms with Crippen LogP contribution in [0.25, 0.3) is 0 Å². The van der Waals surface area contributed by atoms with E-state index < -0.39 is 11.6 Å². The minimum absolute atomic E-state index is 0.0973. The van der Waals surface area contributed by atoms with Crippen molar-refractivity contribution >= 4 is 40.0 Å². The summed E-state index contributed by atoms with van der Waals surface area (Å²) in [6.45, 7) is 1.69. The van der Waals surface area contributed by atoms with E-state index in [0.29, 0.717) is 12.1 Å². The summed E-state index contributed by atoms with van der Waals surface area (Å²) in [5.41, 5.74) is 4.85. The van der Waals surface area contributed by atoms with Gasteiger partial charge in [0, 0.05) is 0 Å². The van der Waals surface area contributed by atoms with E-state index in [2.05, 4.69) is 10.1 Å². The molecule has 0 fully saturated rings. The van der Waals surface area contributed by atoms with E-state index in [-0.39, 0.29) is 21.6 Å². The minimum atomic E-state index is -1.26. The van der Waals surface area contributed by atoms with Crippen LogP contribution in [0, 0.1) is 0 Å². The van der Waals surface area contributed by atoms with Crippen LogP contribution in [-0.2, 0) is 10.4 Å². The van der Waals surface area contributed by atoms with Crippen LogP contribution in [0.2, 0.25) is 5.02 Å². The van der Waals surface area contributed by atoms with Crippen LogP contribution >= 0.6 is 23.2 Å². The molecule has 3 N–H and O–H groups in total. The highest BCUT2D eigenvalue weighted by Crippen LogP contribution is 2.36. The van der Waals surface area contributed by atoms with Crippen molar-refractivity contribution in [2.45, 2.75) is 18.9 Å². The van der Waals surface area contributed by atoms with Crippen molar-refractivity contribution in [2.24, 2.45) is 5.16 Å². The second-order valence-electron chi connectivity index (χ2n) is 4.03. The number of nitrogens with zero attached hydrogens (tertiary/aromatic N) is 2. The molecule has 0 saturated carbocycles. The first kappa shape index (κ1) is 12.9. The van der Waals surface area contributed by atoms with Gasteiger partial charge in [-0.15, -0.1) is 0 Å². The lowest BCUT2D eigenvalue weighted by atomic mass is 9.97. The maximum Gasteiger partial charge on any atom is 0.356 e. The van der Waals surface area contributed by atoms with Crippen LogP contribution in [-0.4, -0.2) is 21.2 Å². The summed E-state index contributed by atoms with van der Waals surface area (Å²) in [6.07, 6.45) is 0.293. The maximum absolute atomic E-state index is 11.0. The number of aromatic nitrogens is 1. The fourth-order valence-electron chi connectivity index (χ4n) is 1.59. The summed E-state index contributed by atoms with van der Waals surface area (Å²) in [6, 6.07) is 1.46. The third-order valence-corrected chi connectivity index (χ3v) is 3.16. The number of nitrogen functional groups attached to an aromatic ring is 1. The van der Waals surface area contributed by atoms with Crippen molar-refractivity contribution in [1.29, 1.82) is 0 Å². The molecule has 1 aliphatic rings. The van der Waals surface area contributed by atoms with E-state index in [4.69, 9.17) is 38.9 Å². The molecule has 1 aliphatic heterocycles.